The van der Waals surface area contributed by atoms with Crippen molar-refractivity contribution in [2.24, 2.45) is 0 Å². The van der Waals surface area contributed by atoms with Gasteiger partial charge in [0.2, 0.25) is 0 Å². The average molecular weight is 279 g/mol. The molecule has 0 spiro atoms. The average Bonchev–Trinajstić information content (AvgIpc) is 2.48. The lowest BCUT2D eigenvalue weighted by molar-refractivity contribution is 1.38. The Kier molecular flexibility index (Phi) is 3.93. The maximum atomic E-state index is 3.49. The second-order valence-corrected chi connectivity index (χ2v) is 5.93. The number of rotatable bonds is 3. The van der Waals surface area contributed by atoms with E-state index in [2.05, 4.69) is 72.9 Å². The number of allylic oxidation sites excluding steroid dienone is 1. The van der Waals surface area contributed by atoms with Crippen LogP contribution in [0, 0.1) is 6.92 Å². The number of thioether (sulfide) groups is 1. The molecular formula is C18H17NS. The molecule has 0 unspecified atom stereocenters. The summed E-state index contributed by atoms with van der Waals surface area (Å²) in [5.41, 5.74) is 4.91. The van der Waals surface area contributed by atoms with Gasteiger partial charge in [-0.2, -0.15) is 0 Å². The van der Waals surface area contributed by atoms with Crippen LogP contribution in [0.3, 0.4) is 0 Å². The topological polar surface area (TPSA) is 12.0 Å². The van der Waals surface area contributed by atoms with Crippen molar-refractivity contribution in [2.45, 2.75) is 11.8 Å². The lowest BCUT2D eigenvalue weighted by Gasteiger charge is -2.16. The van der Waals surface area contributed by atoms with E-state index < -0.39 is 0 Å². The first-order valence-corrected chi connectivity index (χ1v) is 7.73. The van der Waals surface area contributed by atoms with Crippen molar-refractivity contribution < 1.29 is 0 Å². The zero-order valence-corrected chi connectivity index (χ0v) is 12.3. The quantitative estimate of drug-likeness (QED) is 0.784. The molecule has 0 saturated carbocycles. The van der Waals surface area contributed by atoms with Crippen LogP contribution in [0.5, 0.6) is 0 Å². The van der Waals surface area contributed by atoms with E-state index >= 15 is 0 Å². The maximum absolute atomic E-state index is 3.49. The van der Waals surface area contributed by atoms with E-state index in [4.69, 9.17) is 0 Å². The smallest absolute Gasteiger partial charge is 0.0460 e. The molecule has 2 aromatic rings. The lowest BCUT2D eigenvalue weighted by atomic mass is 10.1. The molecule has 1 nitrogen and oxygen atoms in total. The third kappa shape index (κ3) is 3.14. The summed E-state index contributed by atoms with van der Waals surface area (Å²) in [5.74, 6) is 0.970. The SMILES string of the molecule is Cc1ccc2c(c1)N/C(=C/CSc1ccccc1)C=C2. The molecule has 2 heteroatoms. The fourth-order valence-electron chi connectivity index (χ4n) is 2.16. The van der Waals surface area contributed by atoms with Gasteiger partial charge < -0.3 is 5.32 Å². The highest BCUT2D eigenvalue weighted by Crippen LogP contribution is 2.26. The van der Waals surface area contributed by atoms with Gasteiger partial charge in [0.1, 0.15) is 0 Å². The molecule has 1 N–H and O–H groups in total. The van der Waals surface area contributed by atoms with Gasteiger partial charge in [-0.25, -0.2) is 0 Å². The van der Waals surface area contributed by atoms with Crippen LogP contribution in [-0.2, 0) is 0 Å². The van der Waals surface area contributed by atoms with Crippen LogP contribution >= 0.6 is 11.8 Å². The molecule has 1 heterocycles. The highest BCUT2D eigenvalue weighted by molar-refractivity contribution is 7.99. The van der Waals surface area contributed by atoms with Crippen molar-refractivity contribution in [3.05, 3.63) is 77.5 Å². The van der Waals surface area contributed by atoms with Crippen LogP contribution in [0.25, 0.3) is 6.08 Å². The summed E-state index contributed by atoms with van der Waals surface area (Å²) >= 11 is 1.85. The molecule has 100 valence electrons. The number of benzene rings is 2. The number of aryl methyl sites for hydroxylation is 1. The molecule has 0 fully saturated rings. The van der Waals surface area contributed by atoms with Crippen LogP contribution in [0.4, 0.5) is 5.69 Å². The largest absolute Gasteiger partial charge is 0.355 e. The molecular weight excluding hydrogens is 262 g/mol. The molecule has 0 aromatic heterocycles. The molecule has 20 heavy (non-hydrogen) atoms. The summed E-state index contributed by atoms with van der Waals surface area (Å²) in [6.07, 6.45) is 6.55. The van der Waals surface area contributed by atoms with Crippen LogP contribution in [0.2, 0.25) is 0 Å². The highest BCUT2D eigenvalue weighted by Gasteiger charge is 2.06. The van der Waals surface area contributed by atoms with E-state index in [-0.39, 0.29) is 0 Å². The fraction of sp³-hybridized carbons (Fsp3) is 0.111. The van der Waals surface area contributed by atoms with E-state index in [1.807, 2.05) is 17.8 Å². The monoisotopic (exact) mass is 279 g/mol. The Bertz CT molecular complexity index is 656. The molecule has 2 aromatic carbocycles. The molecule has 0 bridgehead atoms. The van der Waals surface area contributed by atoms with Crippen molar-refractivity contribution in [2.75, 3.05) is 11.1 Å². The Morgan fingerprint density at radius 3 is 2.75 bits per heavy atom. The fourth-order valence-corrected chi connectivity index (χ4v) is 2.97. The minimum atomic E-state index is 0.970. The molecule has 0 radical (unpaired) electrons. The number of hydrogen-bond donors (Lipinski definition) is 1. The minimum Gasteiger partial charge on any atom is -0.355 e. The zero-order chi connectivity index (χ0) is 13.8. The molecule has 3 rings (SSSR count). The lowest BCUT2D eigenvalue weighted by Crippen LogP contribution is -2.03. The van der Waals surface area contributed by atoms with Gasteiger partial charge in [-0.3, -0.25) is 0 Å². The Morgan fingerprint density at radius 2 is 1.90 bits per heavy atom. The second-order valence-electron chi connectivity index (χ2n) is 4.83. The summed E-state index contributed by atoms with van der Waals surface area (Å²) < 4.78 is 0. The number of nitrogens with one attached hydrogen (secondary N) is 1. The van der Waals surface area contributed by atoms with Gasteiger partial charge in [0.05, 0.1) is 0 Å². The highest BCUT2D eigenvalue weighted by atomic mass is 32.2. The normalized spacial score (nSPS) is 14.9. The number of anilines is 1. The van der Waals surface area contributed by atoms with Crippen molar-refractivity contribution >= 4 is 23.5 Å². The molecule has 0 aliphatic carbocycles. The first-order valence-electron chi connectivity index (χ1n) is 6.75. The third-order valence-corrected chi connectivity index (χ3v) is 4.17. The standard InChI is InChI=1S/C18H17NS/c1-14-7-8-15-9-10-16(19-18(15)13-14)11-12-20-17-5-3-2-4-6-17/h2-11,13,19H,12H2,1H3/b16-11+. The Labute approximate surface area is 124 Å². The van der Waals surface area contributed by atoms with Gasteiger partial charge in [-0.15, -0.1) is 11.8 Å². The Balaban J connectivity index is 1.66. The Morgan fingerprint density at radius 1 is 1.05 bits per heavy atom. The first kappa shape index (κ1) is 13.1. The van der Waals surface area contributed by atoms with Crippen LogP contribution in [-0.4, -0.2) is 5.75 Å². The van der Waals surface area contributed by atoms with E-state index in [0.29, 0.717) is 0 Å². The van der Waals surface area contributed by atoms with E-state index in [0.717, 1.165) is 5.75 Å². The van der Waals surface area contributed by atoms with Crippen molar-refractivity contribution in [1.29, 1.82) is 0 Å². The second kappa shape index (κ2) is 6.02. The van der Waals surface area contributed by atoms with Crippen molar-refractivity contribution in [1.82, 2.24) is 0 Å². The van der Waals surface area contributed by atoms with Crippen LogP contribution in [0.15, 0.2) is 71.3 Å². The van der Waals surface area contributed by atoms with E-state index in [9.17, 15) is 0 Å². The van der Waals surface area contributed by atoms with Gasteiger partial charge in [-0.1, -0.05) is 42.5 Å². The van der Waals surface area contributed by atoms with Gasteiger partial charge in [0, 0.05) is 22.0 Å². The summed E-state index contributed by atoms with van der Waals surface area (Å²) in [7, 11) is 0. The summed E-state index contributed by atoms with van der Waals surface area (Å²) in [4.78, 5) is 1.31. The maximum Gasteiger partial charge on any atom is 0.0460 e. The van der Waals surface area contributed by atoms with Gasteiger partial charge >= 0.3 is 0 Å². The summed E-state index contributed by atoms with van der Waals surface area (Å²) in [6, 6.07) is 17.0. The molecule has 0 saturated heterocycles. The molecule has 0 atom stereocenters. The van der Waals surface area contributed by atoms with Crippen molar-refractivity contribution in [3.8, 4) is 0 Å². The molecule has 0 amide bonds. The van der Waals surface area contributed by atoms with E-state index in [1.165, 1.54) is 27.4 Å². The first-order chi connectivity index (χ1) is 9.81. The molecule has 1 aliphatic heterocycles. The van der Waals surface area contributed by atoms with Gasteiger partial charge in [-0.05, 0) is 42.3 Å². The van der Waals surface area contributed by atoms with Crippen LogP contribution < -0.4 is 5.32 Å². The molecule has 1 aliphatic rings. The summed E-state index contributed by atoms with van der Waals surface area (Å²) in [6.45, 7) is 2.12. The van der Waals surface area contributed by atoms with Crippen LogP contribution in [0.1, 0.15) is 11.1 Å². The van der Waals surface area contributed by atoms with Crippen molar-refractivity contribution in [3.63, 3.8) is 0 Å². The summed E-state index contributed by atoms with van der Waals surface area (Å²) in [5, 5.41) is 3.49. The van der Waals surface area contributed by atoms with Gasteiger partial charge in [0.25, 0.3) is 0 Å². The third-order valence-electron chi connectivity index (χ3n) is 3.23. The number of fused-ring (bicyclic) bond motifs is 1. The predicted molar refractivity (Wildman–Crippen MR) is 89.1 cm³/mol. The van der Waals surface area contributed by atoms with E-state index in [1.54, 1.807) is 0 Å². The zero-order valence-electron chi connectivity index (χ0n) is 11.5. The predicted octanol–water partition coefficient (Wildman–Crippen LogP) is 5.11. The van der Waals surface area contributed by atoms with Gasteiger partial charge in [0.15, 0.2) is 0 Å². The number of hydrogen-bond acceptors (Lipinski definition) is 2. The minimum absolute atomic E-state index is 0.970. The Hall–Kier alpha value is -1.93.